The first kappa shape index (κ1) is 10.2. The maximum Gasteiger partial charge on any atom is 0.166 e. The van der Waals surface area contributed by atoms with Crippen molar-refractivity contribution in [1.29, 1.82) is 0 Å². The molecule has 0 amide bonds. The van der Waals surface area contributed by atoms with Gasteiger partial charge in [-0.1, -0.05) is 12.1 Å². The molecular formula is C12H8FN3S. The third kappa shape index (κ3) is 1.64. The molecule has 1 aromatic carbocycles. The number of nitrogens with two attached hydrogens (primary N) is 1. The van der Waals surface area contributed by atoms with E-state index in [1.807, 2.05) is 11.4 Å². The van der Waals surface area contributed by atoms with Gasteiger partial charge < -0.3 is 5.73 Å². The normalized spacial score (nSPS) is 10.9. The van der Waals surface area contributed by atoms with E-state index in [4.69, 9.17) is 5.73 Å². The number of hydrogen-bond donors (Lipinski definition) is 1. The van der Waals surface area contributed by atoms with E-state index in [0.29, 0.717) is 17.2 Å². The summed E-state index contributed by atoms with van der Waals surface area (Å²) in [6.45, 7) is 0. The zero-order valence-electron chi connectivity index (χ0n) is 8.72. The van der Waals surface area contributed by atoms with Crippen LogP contribution in [0.25, 0.3) is 21.6 Å². The van der Waals surface area contributed by atoms with Crippen LogP contribution in [0.4, 0.5) is 10.2 Å². The molecule has 0 aliphatic carbocycles. The summed E-state index contributed by atoms with van der Waals surface area (Å²) in [4.78, 5) is 9.23. The Hall–Kier alpha value is -2.01. The molecule has 2 N–H and O–H groups in total. The molecule has 84 valence electrons. The number of halogens is 1. The minimum atomic E-state index is -0.345. The van der Waals surface area contributed by atoms with Crippen molar-refractivity contribution in [3.8, 4) is 11.4 Å². The lowest BCUT2D eigenvalue weighted by atomic mass is 10.2. The average molecular weight is 245 g/mol. The van der Waals surface area contributed by atoms with Gasteiger partial charge in [0.1, 0.15) is 16.5 Å². The van der Waals surface area contributed by atoms with Gasteiger partial charge >= 0.3 is 0 Å². The summed E-state index contributed by atoms with van der Waals surface area (Å²) >= 11 is 1.46. The largest absolute Gasteiger partial charge is 0.383 e. The van der Waals surface area contributed by atoms with Gasteiger partial charge in [0.25, 0.3) is 0 Å². The summed E-state index contributed by atoms with van der Waals surface area (Å²) in [5.41, 5.74) is 6.19. The van der Waals surface area contributed by atoms with Crippen molar-refractivity contribution < 1.29 is 4.39 Å². The van der Waals surface area contributed by atoms with Gasteiger partial charge in [-0.3, -0.25) is 0 Å². The van der Waals surface area contributed by atoms with E-state index in [9.17, 15) is 4.39 Å². The van der Waals surface area contributed by atoms with E-state index < -0.39 is 0 Å². The van der Waals surface area contributed by atoms with E-state index in [-0.39, 0.29) is 5.82 Å². The first-order valence-corrected chi connectivity index (χ1v) is 5.89. The summed E-state index contributed by atoms with van der Waals surface area (Å²) in [6, 6.07) is 8.26. The van der Waals surface area contributed by atoms with Crippen LogP contribution in [0.1, 0.15) is 0 Å². The predicted octanol–water partition coefficient (Wildman–Crippen LogP) is 3.08. The maximum absolute atomic E-state index is 13.6. The molecule has 2 heterocycles. The van der Waals surface area contributed by atoms with Crippen LogP contribution in [-0.4, -0.2) is 9.97 Å². The Bertz CT molecular complexity index is 693. The molecule has 0 saturated heterocycles. The van der Waals surface area contributed by atoms with Crippen molar-refractivity contribution in [3.63, 3.8) is 0 Å². The minimum Gasteiger partial charge on any atom is -0.383 e. The van der Waals surface area contributed by atoms with Gasteiger partial charge in [0.2, 0.25) is 0 Å². The van der Waals surface area contributed by atoms with Gasteiger partial charge in [-0.05, 0) is 23.6 Å². The number of thiophene rings is 1. The summed E-state index contributed by atoms with van der Waals surface area (Å²) in [5, 5.41) is 2.70. The zero-order chi connectivity index (χ0) is 11.8. The fraction of sp³-hybridized carbons (Fsp3) is 0. The molecule has 3 nitrogen and oxygen atoms in total. The Morgan fingerprint density at radius 1 is 1.12 bits per heavy atom. The lowest BCUT2D eigenvalue weighted by Crippen LogP contribution is -1.97. The van der Waals surface area contributed by atoms with E-state index in [1.54, 1.807) is 18.2 Å². The number of hydrogen-bond acceptors (Lipinski definition) is 4. The molecule has 0 aliphatic heterocycles. The zero-order valence-corrected chi connectivity index (χ0v) is 9.54. The van der Waals surface area contributed by atoms with Crippen LogP contribution >= 0.6 is 11.3 Å². The number of benzene rings is 1. The molecular weight excluding hydrogens is 237 g/mol. The van der Waals surface area contributed by atoms with Gasteiger partial charge in [0, 0.05) is 0 Å². The second-order valence-electron chi connectivity index (χ2n) is 3.55. The predicted molar refractivity (Wildman–Crippen MR) is 67.2 cm³/mol. The Kier molecular flexibility index (Phi) is 2.26. The number of nitrogens with zero attached hydrogens (tertiary/aromatic N) is 2. The van der Waals surface area contributed by atoms with Crippen LogP contribution in [0.15, 0.2) is 35.7 Å². The topological polar surface area (TPSA) is 51.8 Å². The monoisotopic (exact) mass is 245 g/mol. The number of aromatic nitrogens is 2. The Labute approximate surface area is 101 Å². The first-order valence-electron chi connectivity index (χ1n) is 5.01. The van der Waals surface area contributed by atoms with Crippen molar-refractivity contribution in [3.05, 3.63) is 41.5 Å². The average Bonchev–Trinajstić information content (AvgIpc) is 2.78. The summed E-state index contributed by atoms with van der Waals surface area (Å²) in [7, 11) is 0. The van der Waals surface area contributed by atoms with Crippen LogP contribution < -0.4 is 5.73 Å². The van der Waals surface area contributed by atoms with Crippen LogP contribution in [0.2, 0.25) is 0 Å². The maximum atomic E-state index is 13.6. The summed E-state index contributed by atoms with van der Waals surface area (Å²) in [5.74, 6) is 0.368. The second kappa shape index (κ2) is 3.78. The van der Waals surface area contributed by atoms with Crippen molar-refractivity contribution in [2.75, 3.05) is 5.73 Å². The third-order valence-corrected chi connectivity index (χ3v) is 3.28. The van der Waals surface area contributed by atoms with E-state index >= 15 is 0 Å². The molecule has 5 heteroatoms. The number of nitrogen functional groups attached to an aromatic ring is 1. The molecule has 0 spiro atoms. The Morgan fingerprint density at radius 2 is 1.94 bits per heavy atom. The Morgan fingerprint density at radius 3 is 2.76 bits per heavy atom. The fourth-order valence-corrected chi connectivity index (χ4v) is 2.41. The Balaban J connectivity index is 2.28. The van der Waals surface area contributed by atoms with Crippen molar-refractivity contribution >= 4 is 27.4 Å². The van der Waals surface area contributed by atoms with Crippen LogP contribution in [0.5, 0.6) is 0 Å². The smallest absolute Gasteiger partial charge is 0.166 e. The molecule has 0 fully saturated rings. The minimum absolute atomic E-state index is 0.329. The van der Waals surface area contributed by atoms with Crippen LogP contribution in [0, 0.1) is 5.82 Å². The summed E-state index contributed by atoms with van der Waals surface area (Å²) < 4.78 is 13.6. The highest BCUT2D eigenvalue weighted by molar-refractivity contribution is 7.16. The molecule has 0 unspecified atom stereocenters. The highest BCUT2D eigenvalue weighted by atomic mass is 32.1. The van der Waals surface area contributed by atoms with Gasteiger partial charge in [-0.15, -0.1) is 11.3 Å². The van der Waals surface area contributed by atoms with Crippen molar-refractivity contribution in [2.24, 2.45) is 0 Å². The molecule has 0 saturated carbocycles. The van der Waals surface area contributed by atoms with Crippen LogP contribution in [-0.2, 0) is 0 Å². The van der Waals surface area contributed by atoms with Gasteiger partial charge in [0.05, 0.1) is 10.9 Å². The summed E-state index contributed by atoms with van der Waals surface area (Å²) in [6.07, 6.45) is 0. The van der Waals surface area contributed by atoms with Crippen LogP contribution in [0.3, 0.4) is 0 Å². The highest BCUT2D eigenvalue weighted by Gasteiger charge is 2.11. The SMILES string of the molecule is Nc1nc(-c2ccccc2F)nc2sccc12. The quantitative estimate of drug-likeness (QED) is 0.716. The van der Waals surface area contributed by atoms with E-state index in [1.165, 1.54) is 17.4 Å². The molecule has 2 aromatic heterocycles. The second-order valence-corrected chi connectivity index (χ2v) is 4.45. The van der Waals surface area contributed by atoms with E-state index in [2.05, 4.69) is 9.97 Å². The van der Waals surface area contributed by atoms with E-state index in [0.717, 1.165) is 10.2 Å². The molecule has 17 heavy (non-hydrogen) atoms. The number of fused-ring (bicyclic) bond motifs is 1. The van der Waals surface area contributed by atoms with Gasteiger partial charge in [0.15, 0.2) is 5.82 Å². The highest BCUT2D eigenvalue weighted by Crippen LogP contribution is 2.27. The fourth-order valence-electron chi connectivity index (χ4n) is 1.64. The third-order valence-electron chi connectivity index (χ3n) is 2.47. The lowest BCUT2D eigenvalue weighted by molar-refractivity contribution is 0.630. The standard InChI is InChI=1S/C12H8FN3S/c13-9-4-2-1-3-7(9)11-15-10(14)8-5-6-17-12(8)16-11/h1-6H,(H2,14,15,16). The molecule has 0 radical (unpaired) electrons. The molecule has 3 aromatic rings. The number of anilines is 1. The number of rotatable bonds is 1. The van der Waals surface area contributed by atoms with Crippen molar-refractivity contribution in [1.82, 2.24) is 9.97 Å². The molecule has 0 atom stereocenters. The first-order chi connectivity index (χ1) is 8.25. The van der Waals surface area contributed by atoms with Gasteiger partial charge in [-0.25, -0.2) is 14.4 Å². The van der Waals surface area contributed by atoms with Gasteiger partial charge in [-0.2, -0.15) is 0 Å². The molecule has 0 aliphatic rings. The lowest BCUT2D eigenvalue weighted by Gasteiger charge is -2.03. The van der Waals surface area contributed by atoms with Crippen molar-refractivity contribution in [2.45, 2.75) is 0 Å². The molecule has 0 bridgehead atoms. The molecule has 3 rings (SSSR count).